The summed E-state index contributed by atoms with van der Waals surface area (Å²) in [6.07, 6.45) is 3.22. The molecule has 7 heteroatoms. The van der Waals surface area contributed by atoms with Crippen LogP contribution in [0.1, 0.15) is 25.0 Å². The van der Waals surface area contributed by atoms with E-state index in [0.29, 0.717) is 12.5 Å². The van der Waals surface area contributed by atoms with Crippen molar-refractivity contribution in [1.29, 1.82) is 0 Å². The average Bonchev–Trinajstić information content (AvgIpc) is 3.24. The van der Waals surface area contributed by atoms with Crippen molar-refractivity contribution in [3.8, 4) is 0 Å². The predicted molar refractivity (Wildman–Crippen MR) is 92.4 cm³/mol. The SMILES string of the molecule is Cc1ccc(N2CC3(C2)OCC[C@@H]3COCC(=O)N2CCCC2)nn1. The van der Waals surface area contributed by atoms with Crippen molar-refractivity contribution in [3.05, 3.63) is 17.8 Å². The van der Waals surface area contributed by atoms with Gasteiger partial charge >= 0.3 is 0 Å². The maximum atomic E-state index is 12.1. The lowest BCUT2D eigenvalue weighted by atomic mass is 9.81. The standard InChI is InChI=1S/C18H26N4O3/c1-14-4-5-16(20-19-14)22-12-18(13-22)15(6-9-25-18)10-24-11-17(23)21-7-2-3-8-21/h4-5,15H,2-3,6-13H2,1H3/t15-/m1/s1. The van der Waals surface area contributed by atoms with Crippen molar-refractivity contribution in [3.63, 3.8) is 0 Å². The summed E-state index contributed by atoms with van der Waals surface area (Å²) < 4.78 is 11.8. The number of nitrogens with zero attached hydrogens (tertiary/aromatic N) is 4. The Balaban J connectivity index is 1.27. The average molecular weight is 346 g/mol. The second-order valence-corrected chi connectivity index (χ2v) is 7.39. The number of aryl methyl sites for hydroxylation is 1. The van der Waals surface area contributed by atoms with E-state index in [-0.39, 0.29) is 18.1 Å². The Hall–Kier alpha value is -1.73. The van der Waals surface area contributed by atoms with Crippen LogP contribution in [-0.2, 0) is 14.3 Å². The number of aromatic nitrogens is 2. The number of carbonyl (C=O) groups is 1. The fraction of sp³-hybridized carbons (Fsp3) is 0.722. The first-order valence-corrected chi connectivity index (χ1v) is 9.21. The number of likely N-dealkylation sites (tertiary alicyclic amines) is 1. The molecule has 0 aliphatic carbocycles. The van der Waals surface area contributed by atoms with E-state index in [1.165, 1.54) is 0 Å². The third-order valence-corrected chi connectivity index (χ3v) is 5.63. The van der Waals surface area contributed by atoms with Gasteiger partial charge in [-0.3, -0.25) is 4.79 Å². The molecule has 25 heavy (non-hydrogen) atoms. The second-order valence-electron chi connectivity index (χ2n) is 7.39. The lowest BCUT2D eigenvalue weighted by Gasteiger charge is -2.50. The van der Waals surface area contributed by atoms with Gasteiger partial charge in [-0.25, -0.2) is 0 Å². The summed E-state index contributed by atoms with van der Waals surface area (Å²) in [6.45, 7) is 6.88. The summed E-state index contributed by atoms with van der Waals surface area (Å²) in [6, 6.07) is 3.98. The number of hydrogen-bond donors (Lipinski definition) is 0. The van der Waals surface area contributed by atoms with Gasteiger partial charge in [-0.15, -0.1) is 5.10 Å². The van der Waals surface area contributed by atoms with Crippen LogP contribution in [0.5, 0.6) is 0 Å². The second kappa shape index (κ2) is 6.88. The molecule has 7 nitrogen and oxygen atoms in total. The molecule has 0 N–H and O–H groups in total. The molecule has 3 fully saturated rings. The zero-order valence-electron chi connectivity index (χ0n) is 14.8. The van der Waals surface area contributed by atoms with Crippen LogP contribution in [0.3, 0.4) is 0 Å². The quantitative estimate of drug-likeness (QED) is 0.793. The molecule has 0 aromatic carbocycles. The first kappa shape index (κ1) is 16.7. The fourth-order valence-electron chi connectivity index (χ4n) is 4.04. The highest BCUT2D eigenvalue weighted by molar-refractivity contribution is 5.77. The summed E-state index contributed by atoms with van der Waals surface area (Å²) in [4.78, 5) is 16.2. The molecule has 3 saturated heterocycles. The smallest absolute Gasteiger partial charge is 0.248 e. The van der Waals surface area contributed by atoms with Gasteiger partial charge in [0.1, 0.15) is 12.2 Å². The Bertz CT molecular complexity index is 609. The summed E-state index contributed by atoms with van der Waals surface area (Å²) in [5.74, 6) is 1.36. The van der Waals surface area contributed by atoms with Crippen molar-refractivity contribution < 1.29 is 14.3 Å². The van der Waals surface area contributed by atoms with E-state index in [1.54, 1.807) is 0 Å². The molecule has 1 aromatic heterocycles. The minimum Gasteiger partial charge on any atom is -0.371 e. The van der Waals surface area contributed by atoms with Crippen LogP contribution in [0.2, 0.25) is 0 Å². The van der Waals surface area contributed by atoms with Crippen molar-refractivity contribution in [2.75, 3.05) is 50.9 Å². The Morgan fingerprint density at radius 1 is 1.32 bits per heavy atom. The monoisotopic (exact) mass is 346 g/mol. The Morgan fingerprint density at radius 3 is 2.84 bits per heavy atom. The highest BCUT2D eigenvalue weighted by Gasteiger charge is 2.53. The normalized spacial score (nSPS) is 24.8. The number of rotatable bonds is 5. The van der Waals surface area contributed by atoms with Crippen LogP contribution in [0.15, 0.2) is 12.1 Å². The van der Waals surface area contributed by atoms with E-state index in [4.69, 9.17) is 9.47 Å². The van der Waals surface area contributed by atoms with E-state index >= 15 is 0 Å². The summed E-state index contributed by atoms with van der Waals surface area (Å²) in [5, 5.41) is 8.37. The first-order valence-electron chi connectivity index (χ1n) is 9.21. The summed E-state index contributed by atoms with van der Waals surface area (Å²) in [5.41, 5.74) is 0.772. The van der Waals surface area contributed by atoms with Gasteiger partial charge in [0.25, 0.3) is 0 Å². The molecular weight excluding hydrogens is 320 g/mol. The number of carbonyl (C=O) groups excluding carboxylic acids is 1. The minimum absolute atomic E-state index is 0.121. The molecule has 136 valence electrons. The van der Waals surface area contributed by atoms with E-state index in [2.05, 4.69) is 15.1 Å². The van der Waals surface area contributed by atoms with Crippen LogP contribution >= 0.6 is 0 Å². The molecule has 1 aromatic rings. The van der Waals surface area contributed by atoms with Gasteiger partial charge in [0.05, 0.1) is 25.4 Å². The van der Waals surface area contributed by atoms with Gasteiger partial charge in [-0.05, 0) is 38.3 Å². The lowest BCUT2D eigenvalue weighted by molar-refractivity contribution is -0.136. The Kier molecular flexibility index (Phi) is 4.60. The van der Waals surface area contributed by atoms with Crippen LogP contribution in [0.25, 0.3) is 0 Å². The van der Waals surface area contributed by atoms with Crippen LogP contribution in [0.4, 0.5) is 5.82 Å². The van der Waals surface area contributed by atoms with Gasteiger partial charge in [-0.1, -0.05) is 0 Å². The van der Waals surface area contributed by atoms with E-state index in [1.807, 2.05) is 24.0 Å². The zero-order chi connectivity index (χ0) is 17.3. The van der Waals surface area contributed by atoms with E-state index in [9.17, 15) is 4.79 Å². The molecule has 3 aliphatic heterocycles. The molecule has 0 bridgehead atoms. The largest absolute Gasteiger partial charge is 0.371 e. The molecule has 1 spiro atoms. The van der Waals surface area contributed by atoms with Gasteiger partial charge in [0.2, 0.25) is 5.91 Å². The van der Waals surface area contributed by atoms with Crippen molar-refractivity contribution in [1.82, 2.24) is 15.1 Å². The lowest BCUT2D eigenvalue weighted by Crippen LogP contribution is -2.65. The Labute approximate surface area is 148 Å². The zero-order valence-corrected chi connectivity index (χ0v) is 14.8. The number of ether oxygens (including phenoxy) is 2. The molecule has 4 rings (SSSR count). The molecule has 4 heterocycles. The van der Waals surface area contributed by atoms with Crippen LogP contribution in [-0.4, -0.2) is 72.6 Å². The number of amides is 1. The molecule has 0 saturated carbocycles. The maximum Gasteiger partial charge on any atom is 0.248 e. The van der Waals surface area contributed by atoms with Gasteiger partial charge in [0.15, 0.2) is 5.82 Å². The maximum absolute atomic E-state index is 12.1. The fourth-order valence-corrected chi connectivity index (χ4v) is 4.04. The molecule has 1 atom stereocenters. The van der Waals surface area contributed by atoms with E-state index < -0.39 is 0 Å². The molecule has 0 unspecified atom stereocenters. The first-order chi connectivity index (χ1) is 12.2. The topological polar surface area (TPSA) is 67.8 Å². The van der Waals surface area contributed by atoms with Crippen molar-refractivity contribution in [2.45, 2.75) is 31.8 Å². The van der Waals surface area contributed by atoms with Crippen molar-refractivity contribution in [2.24, 2.45) is 5.92 Å². The third-order valence-electron chi connectivity index (χ3n) is 5.63. The summed E-state index contributed by atoms with van der Waals surface area (Å²) >= 11 is 0. The van der Waals surface area contributed by atoms with Gasteiger partial charge < -0.3 is 19.3 Å². The minimum atomic E-state index is -0.150. The molecule has 0 radical (unpaired) electrons. The molecule has 3 aliphatic rings. The van der Waals surface area contributed by atoms with E-state index in [0.717, 1.165) is 63.6 Å². The van der Waals surface area contributed by atoms with Crippen LogP contribution in [0, 0.1) is 12.8 Å². The Morgan fingerprint density at radius 2 is 2.12 bits per heavy atom. The van der Waals surface area contributed by atoms with Crippen LogP contribution < -0.4 is 4.90 Å². The predicted octanol–water partition coefficient (Wildman–Crippen LogP) is 1.02. The third kappa shape index (κ3) is 3.35. The highest BCUT2D eigenvalue weighted by Crippen LogP contribution is 2.41. The molecule has 1 amide bonds. The number of anilines is 1. The summed E-state index contributed by atoms with van der Waals surface area (Å²) in [7, 11) is 0. The number of hydrogen-bond acceptors (Lipinski definition) is 6. The highest BCUT2D eigenvalue weighted by atomic mass is 16.5. The van der Waals surface area contributed by atoms with Crippen molar-refractivity contribution >= 4 is 11.7 Å². The van der Waals surface area contributed by atoms with Gasteiger partial charge in [-0.2, -0.15) is 5.10 Å². The molecular formula is C18H26N4O3. The van der Waals surface area contributed by atoms with Gasteiger partial charge in [0, 0.05) is 25.6 Å².